The van der Waals surface area contributed by atoms with Crippen LogP contribution in [0.2, 0.25) is 0 Å². The zero-order chi connectivity index (χ0) is 16.9. The lowest BCUT2D eigenvalue weighted by molar-refractivity contribution is -0.00522. The van der Waals surface area contributed by atoms with Gasteiger partial charge in [-0.15, -0.1) is 0 Å². The van der Waals surface area contributed by atoms with E-state index in [0.29, 0.717) is 29.7 Å². The monoisotopic (exact) mass is 329 g/mol. The van der Waals surface area contributed by atoms with Crippen molar-refractivity contribution in [2.24, 2.45) is 11.1 Å². The van der Waals surface area contributed by atoms with Gasteiger partial charge in [-0.2, -0.15) is 0 Å². The van der Waals surface area contributed by atoms with Crippen LogP contribution in [-0.4, -0.2) is 37.4 Å². The van der Waals surface area contributed by atoms with Gasteiger partial charge in [0.2, 0.25) is 0 Å². The fraction of sp³-hybridized carbons (Fsp3) is 0.700. The number of nitrogens with zero attached hydrogens (tertiary/aromatic N) is 1. The number of nitrogens with two attached hydrogens (primary N) is 1. The maximum atomic E-state index is 5.96. The molecule has 4 rings (SSSR count). The highest BCUT2D eigenvalue weighted by molar-refractivity contribution is 5.61. The highest BCUT2D eigenvalue weighted by Crippen LogP contribution is 2.56. The summed E-state index contributed by atoms with van der Waals surface area (Å²) in [4.78, 5) is 2.45. The second kappa shape index (κ2) is 5.92. The summed E-state index contributed by atoms with van der Waals surface area (Å²) < 4.78 is 5.85. The van der Waals surface area contributed by atoms with Crippen LogP contribution in [0, 0.1) is 12.3 Å². The summed E-state index contributed by atoms with van der Waals surface area (Å²) in [6, 6.07) is 7.93. The Hall–Kier alpha value is -1.26. The van der Waals surface area contributed by atoms with Gasteiger partial charge < -0.3 is 20.7 Å². The number of nitrogens with one attached hydrogen (secondary N) is 1. The van der Waals surface area contributed by atoms with Crippen molar-refractivity contribution in [1.29, 1.82) is 0 Å². The highest BCUT2D eigenvalue weighted by atomic mass is 16.5. The molecule has 3 N–H and O–H groups in total. The Kier molecular flexibility index (Phi) is 4.00. The average molecular weight is 329 g/mol. The van der Waals surface area contributed by atoms with Crippen LogP contribution in [0.25, 0.3) is 0 Å². The minimum atomic E-state index is 0.298. The SMILES string of the molecule is Cc1cc(N2CC(C)OC(C)C2)ccc1NC1CC2(CC(N)C2)C1. The van der Waals surface area contributed by atoms with E-state index < -0.39 is 0 Å². The predicted octanol–water partition coefficient (Wildman–Crippen LogP) is 3.29. The molecule has 4 nitrogen and oxygen atoms in total. The number of rotatable bonds is 3. The predicted molar refractivity (Wildman–Crippen MR) is 99.7 cm³/mol. The zero-order valence-corrected chi connectivity index (χ0v) is 15.2. The Labute approximate surface area is 145 Å². The third-order valence-electron chi connectivity index (χ3n) is 6.10. The van der Waals surface area contributed by atoms with Gasteiger partial charge in [0.1, 0.15) is 0 Å². The molecule has 1 aliphatic heterocycles. The second-order valence-corrected chi connectivity index (χ2v) is 8.58. The Morgan fingerprint density at radius 2 is 1.79 bits per heavy atom. The number of benzene rings is 1. The van der Waals surface area contributed by atoms with Gasteiger partial charge in [-0.25, -0.2) is 0 Å². The molecular weight excluding hydrogens is 298 g/mol. The first kappa shape index (κ1) is 16.2. The Bertz CT molecular complexity index is 593. The van der Waals surface area contributed by atoms with Crippen LogP contribution >= 0.6 is 0 Å². The van der Waals surface area contributed by atoms with Gasteiger partial charge in [-0.3, -0.25) is 0 Å². The van der Waals surface area contributed by atoms with E-state index in [0.717, 1.165) is 13.1 Å². The highest BCUT2D eigenvalue weighted by Gasteiger charge is 2.51. The van der Waals surface area contributed by atoms with Gasteiger partial charge in [0, 0.05) is 36.5 Å². The van der Waals surface area contributed by atoms with Crippen molar-refractivity contribution in [3.63, 3.8) is 0 Å². The lowest BCUT2D eigenvalue weighted by Crippen LogP contribution is -2.57. The third-order valence-corrected chi connectivity index (χ3v) is 6.10. The molecule has 4 heteroatoms. The van der Waals surface area contributed by atoms with Crippen LogP contribution < -0.4 is 16.0 Å². The van der Waals surface area contributed by atoms with Gasteiger partial charge in [-0.1, -0.05) is 0 Å². The van der Waals surface area contributed by atoms with Crippen LogP contribution in [-0.2, 0) is 4.74 Å². The summed E-state index contributed by atoms with van der Waals surface area (Å²) in [6.07, 6.45) is 5.65. The van der Waals surface area contributed by atoms with E-state index in [1.54, 1.807) is 0 Å². The molecule has 0 bridgehead atoms. The zero-order valence-electron chi connectivity index (χ0n) is 15.2. The molecule has 24 heavy (non-hydrogen) atoms. The average Bonchev–Trinajstić information content (AvgIpc) is 2.44. The summed E-state index contributed by atoms with van der Waals surface area (Å²) >= 11 is 0. The lowest BCUT2D eigenvalue weighted by Gasteiger charge is -2.57. The first-order valence-electron chi connectivity index (χ1n) is 9.46. The summed E-state index contributed by atoms with van der Waals surface area (Å²) in [5.74, 6) is 0. The van der Waals surface area contributed by atoms with Crippen molar-refractivity contribution >= 4 is 11.4 Å². The van der Waals surface area contributed by atoms with E-state index in [2.05, 4.69) is 49.2 Å². The topological polar surface area (TPSA) is 50.5 Å². The van der Waals surface area contributed by atoms with Gasteiger partial charge in [0.25, 0.3) is 0 Å². The van der Waals surface area contributed by atoms with E-state index in [4.69, 9.17) is 10.5 Å². The van der Waals surface area contributed by atoms with Crippen molar-refractivity contribution in [3.05, 3.63) is 23.8 Å². The molecule has 2 unspecified atom stereocenters. The number of hydrogen-bond acceptors (Lipinski definition) is 4. The van der Waals surface area contributed by atoms with E-state index >= 15 is 0 Å². The summed E-state index contributed by atoms with van der Waals surface area (Å²) in [5, 5.41) is 3.75. The van der Waals surface area contributed by atoms with Crippen molar-refractivity contribution in [1.82, 2.24) is 0 Å². The molecule has 2 saturated carbocycles. The third kappa shape index (κ3) is 3.02. The van der Waals surface area contributed by atoms with Crippen molar-refractivity contribution < 1.29 is 4.74 Å². The number of hydrogen-bond donors (Lipinski definition) is 2. The number of ether oxygens (including phenoxy) is 1. The van der Waals surface area contributed by atoms with Gasteiger partial charge >= 0.3 is 0 Å². The standard InChI is InChI=1S/C20H31N3O/c1-13-6-18(23-11-14(2)24-15(3)12-23)4-5-19(13)22-17-9-20(10-17)7-16(21)8-20/h4-6,14-17,22H,7-12,21H2,1-3H3. The van der Waals surface area contributed by atoms with E-state index in [-0.39, 0.29) is 0 Å². The molecule has 0 amide bonds. The minimum absolute atomic E-state index is 0.298. The van der Waals surface area contributed by atoms with Crippen LogP contribution in [0.4, 0.5) is 11.4 Å². The quantitative estimate of drug-likeness (QED) is 0.893. The molecule has 132 valence electrons. The van der Waals surface area contributed by atoms with Crippen molar-refractivity contribution in [3.8, 4) is 0 Å². The molecule has 1 heterocycles. The van der Waals surface area contributed by atoms with E-state index in [9.17, 15) is 0 Å². The van der Waals surface area contributed by atoms with Crippen molar-refractivity contribution in [2.75, 3.05) is 23.3 Å². The molecule has 1 spiro atoms. The van der Waals surface area contributed by atoms with Gasteiger partial charge in [0.15, 0.2) is 0 Å². The molecular formula is C20H31N3O. The fourth-order valence-electron chi connectivity index (χ4n) is 5.09. The first-order valence-corrected chi connectivity index (χ1v) is 9.46. The number of anilines is 2. The Morgan fingerprint density at radius 3 is 2.38 bits per heavy atom. The Morgan fingerprint density at radius 1 is 1.12 bits per heavy atom. The minimum Gasteiger partial charge on any atom is -0.382 e. The largest absolute Gasteiger partial charge is 0.382 e. The maximum absolute atomic E-state index is 5.96. The van der Waals surface area contributed by atoms with Crippen LogP contribution in [0.3, 0.4) is 0 Å². The molecule has 0 radical (unpaired) electrons. The normalized spacial score (nSPS) is 38.6. The summed E-state index contributed by atoms with van der Waals surface area (Å²) in [7, 11) is 0. The number of aryl methyl sites for hydroxylation is 1. The molecule has 1 aromatic rings. The maximum Gasteiger partial charge on any atom is 0.0726 e. The first-order chi connectivity index (χ1) is 11.4. The van der Waals surface area contributed by atoms with Gasteiger partial charge in [-0.05, 0) is 75.6 Å². The van der Waals surface area contributed by atoms with Crippen LogP contribution in [0.5, 0.6) is 0 Å². The Balaban J connectivity index is 1.38. The fourth-order valence-corrected chi connectivity index (χ4v) is 5.09. The molecule has 3 fully saturated rings. The molecule has 2 atom stereocenters. The molecule has 1 aromatic carbocycles. The number of morpholine rings is 1. The smallest absolute Gasteiger partial charge is 0.0726 e. The molecule has 2 aliphatic carbocycles. The lowest BCUT2D eigenvalue weighted by atomic mass is 9.52. The summed E-state index contributed by atoms with van der Waals surface area (Å²) in [5.41, 5.74) is 10.5. The van der Waals surface area contributed by atoms with Crippen LogP contribution in [0.15, 0.2) is 18.2 Å². The molecule has 1 saturated heterocycles. The molecule has 3 aliphatic rings. The van der Waals surface area contributed by atoms with Crippen molar-refractivity contribution in [2.45, 2.75) is 70.7 Å². The molecule has 0 aromatic heterocycles. The summed E-state index contributed by atoms with van der Waals surface area (Å²) in [6.45, 7) is 8.48. The van der Waals surface area contributed by atoms with Gasteiger partial charge in [0.05, 0.1) is 12.2 Å². The van der Waals surface area contributed by atoms with E-state index in [1.165, 1.54) is 42.6 Å². The van der Waals surface area contributed by atoms with Crippen LogP contribution in [0.1, 0.15) is 45.1 Å². The second-order valence-electron chi connectivity index (χ2n) is 8.58. The van der Waals surface area contributed by atoms with E-state index in [1.807, 2.05) is 0 Å².